The van der Waals surface area contributed by atoms with E-state index in [1.54, 1.807) is 24.3 Å². The molecule has 1 aromatic carbocycles. The van der Waals surface area contributed by atoms with Gasteiger partial charge in [0.25, 0.3) is 0 Å². The molecule has 0 amide bonds. The summed E-state index contributed by atoms with van der Waals surface area (Å²) < 4.78 is 10.7. The van der Waals surface area contributed by atoms with Gasteiger partial charge in [0, 0.05) is 0 Å². The summed E-state index contributed by atoms with van der Waals surface area (Å²) in [4.78, 5) is 24.1. The highest BCUT2D eigenvalue weighted by atomic mass is 16.5. The van der Waals surface area contributed by atoms with E-state index in [4.69, 9.17) is 9.47 Å². The minimum Gasteiger partial charge on any atom is -0.462 e. The van der Waals surface area contributed by atoms with E-state index >= 15 is 0 Å². The predicted molar refractivity (Wildman–Crippen MR) is 97.7 cm³/mol. The van der Waals surface area contributed by atoms with Gasteiger partial charge in [-0.25, -0.2) is 9.59 Å². The van der Waals surface area contributed by atoms with Crippen molar-refractivity contribution in [3.63, 3.8) is 0 Å². The summed E-state index contributed by atoms with van der Waals surface area (Å²) in [6.07, 6.45) is 10.4. The number of ether oxygens (including phenoxy) is 2. The Morgan fingerprint density at radius 3 is 2.08 bits per heavy atom. The Kier molecular flexibility index (Phi) is 8.50. The Morgan fingerprint density at radius 1 is 0.880 bits per heavy atom. The highest BCUT2D eigenvalue weighted by molar-refractivity contribution is 5.93. The third-order valence-electron chi connectivity index (χ3n) is 4.76. The summed E-state index contributed by atoms with van der Waals surface area (Å²) in [5, 5.41) is 0. The molecule has 0 radical (unpaired) electrons. The topological polar surface area (TPSA) is 52.6 Å². The van der Waals surface area contributed by atoms with Crippen LogP contribution in [0.2, 0.25) is 0 Å². The first kappa shape index (κ1) is 19.5. The molecule has 0 spiro atoms. The van der Waals surface area contributed by atoms with Crippen molar-refractivity contribution in [3.8, 4) is 0 Å². The van der Waals surface area contributed by atoms with Crippen LogP contribution in [0.5, 0.6) is 0 Å². The lowest BCUT2D eigenvalue weighted by atomic mass is 9.90. The fraction of sp³-hybridized carbons (Fsp3) is 0.619. The van der Waals surface area contributed by atoms with Gasteiger partial charge in [-0.2, -0.15) is 0 Å². The Balaban J connectivity index is 1.74. The molecule has 0 bridgehead atoms. The maximum atomic E-state index is 12.1. The van der Waals surface area contributed by atoms with Crippen molar-refractivity contribution in [3.05, 3.63) is 35.4 Å². The number of benzene rings is 1. The summed E-state index contributed by atoms with van der Waals surface area (Å²) in [5.41, 5.74) is 0.953. The van der Waals surface area contributed by atoms with Crippen molar-refractivity contribution >= 4 is 11.9 Å². The second kappa shape index (κ2) is 10.9. The van der Waals surface area contributed by atoms with Gasteiger partial charge >= 0.3 is 11.9 Å². The standard InChI is InChI=1S/C21H30O4/c1-2-3-4-8-15-24-20(22)18-11-13-19(14-12-18)21(23)25-16-17-9-6-5-7-10-17/h11-14,17H,2-10,15-16H2,1H3. The van der Waals surface area contributed by atoms with Crippen LogP contribution in [-0.2, 0) is 9.47 Å². The molecule has 0 aromatic heterocycles. The summed E-state index contributed by atoms with van der Waals surface area (Å²) in [6, 6.07) is 6.53. The molecule has 25 heavy (non-hydrogen) atoms. The van der Waals surface area contributed by atoms with E-state index in [-0.39, 0.29) is 11.9 Å². The first-order chi connectivity index (χ1) is 12.2. The van der Waals surface area contributed by atoms with Crippen LogP contribution in [0, 0.1) is 5.92 Å². The van der Waals surface area contributed by atoms with Crippen molar-refractivity contribution in [2.24, 2.45) is 5.92 Å². The molecule has 0 unspecified atom stereocenters. The zero-order valence-corrected chi connectivity index (χ0v) is 15.3. The largest absolute Gasteiger partial charge is 0.462 e. The summed E-state index contributed by atoms with van der Waals surface area (Å²) >= 11 is 0. The van der Waals surface area contributed by atoms with Crippen molar-refractivity contribution < 1.29 is 19.1 Å². The highest BCUT2D eigenvalue weighted by Gasteiger charge is 2.16. The fourth-order valence-corrected chi connectivity index (χ4v) is 3.15. The molecule has 4 nitrogen and oxygen atoms in total. The first-order valence-electron chi connectivity index (χ1n) is 9.65. The van der Waals surface area contributed by atoms with E-state index in [9.17, 15) is 9.59 Å². The molecule has 2 rings (SSSR count). The zero-order valence-electron chi connectivity index (χ0n) is 15.3. The first-order valence-corrected chi connectivity index (χ1v) is 9.65. The van der Waals surface area contributed by atoms with Gasteiger partial charge in [-0.05, 0) is 49.4 Å². The maximum Gasteiger partial charge on any atom is 0.338 e. The molecule has 0 aliphatic heterocycles. The Hall–Kier alpha value is -1.84. The van der Waals surface area contributed by atoms with Gasteiger partial charge in [0.2, 0.25) is 0 Å². The van der Waals surface area contributed by atoms with Crippen molar-refractivity contribution in [1.82, 2.24) is 0 Å². The number of rotatable bonds is 9. The van der Waals surface area contributed by atoms with Gasteiger partial charge in [-0.15, -0.1) is 0 Å². The third kappa shape index (κ3) is 6.89. The van der Waals surface area contributed by atoms with E-state index < -0.39 is 0 Å². The van der Waals surface area contributed by atoms with Crippen molar-refractivity contribution in [2.75, 3.05) is 13.2 Å². The lowest BCUT2D eigenvalue weighted by Crippen LogP contribution is -2.17. The van der Waals surface area contributed by atoms with Crippen LogP contribution >= 0.6 is 0 Å². The second-order valence-electron chi connectivity index (χ2n) is 6.88. The second-order valence-corrected chi connectivity index (χ2v) is 6.88. The van der Waals surface area contributed by atoms with Gasteiger partial charge in [-0.3, -0.25) is 0 Å². The molecule has 1 fully saturated rings. The van der Waals surface area contributed by atoms with Crippen LogP contribution in [0.15, 0.2) is 24.3 Å². The Labute approximate surface area is 150 Å². The minimum atomic E-state index is -0.335. The fourth-order valence-electron chi connectivity index (χ4n) is 3.15. The van der Waals surface area contributed by atoms with E-state index in [0.29, 0.717) is 30.3 Å². The van der Waals surface area contributed by atoms with Crippen LogP contribution in [-0.4, -0.2) is 25.2 Å². The normalized spacial score (nSPS) is 14.9. The smallest absolute Gasteiger partial charge is 0.338 e. The van der Waals surface area contributed by atoms with Crippen LogP contribution in [0.3, 0.4) is 0 Å². The molecular weight excluding hydrogens is 316 g/mol. The maximum absolute atomic E-state index is 12.1. The average molecular weight is 346 g/mol. The van der Waals surface area contributed by atoms with Crippen LogP contribution in [0.4, 0.5) is 0 Å². The third-order valence-corrected chi connectivity index (χ3v) is 4.76. The monoisotopic (exact) mass is 346 g/mol. The van der Waals surface area contributed by atoms with Crippen molar-refractivity contribution in [2.45, 2.75) is 64.7 Å². The average Bonchev–Trinajstić information content (AvgIpc) is 2.66. The van der Waals surface area contributed by atoms with Gasteiger partial charge in [0.1, 0.15) is 0 Å². The summed E-state index contributed by atoms with van der Waals surface area (Å²) in [5.74, 6) is -0.150. The molecule has 1 saturated carbocycles. The van der Waals surface area contributed by atoms with Gasteiger partial charge < -0.3 is 9.47 Å². The summed E-state index contributed by atoms with van der Waals surface area (Å²) in [6.45, 7) is 3.10. The molecule has 138 valence electrons. The van der Waals surface area contributed by atoms with E-state index in [2.05, 4.69) is 6.92 Å². The van der Waals surface area contributed by atoms with Gasteiger partial charge in [0.15, 0.2) is 0 Å². The number of carbonyl (C=O) groups excluding carboxylic acids is 2. The summed E-state index contributed by atoms with van der Waals surface area (Å²) in [7, 11) is 0. The number of hydrogen-bond acceptors (Lipinski definition) is 4. The predicted octanol–water partition coefficient (Wildman–Crippen LogP) is 5.16. The number of hydrogen-bond donors (Lipinski definition) is 0. The zero-order chi connectivity index (χ0) is 17.9. The minimum absolute atomic E-state index is 0.315. The lowest BCUT2D eigenvalue weighted by molar-refractivity contribution is 0.0408. The van der Waals surface area contributed by atoms with Crippen molar-refractivity contribution in [1.29, 1.82) is 0 Å². The molecular formula is C21H30O4. The molecule has 1 aliphatic rings. The number of unbranched alkanes of at least 4 members (excludes halogenated alkanes) is 3. The van der Waals surface area contributed by atoms with Crippen LogP contribution in [0.25, 0.3) is 0 Å². The molecule has 0 saturated heterocycles. The molecule has 0 heterocycles. The molecule has 4 heteroatoms. The number of carbonyl (C=O) groups is 2. The van der Waals surface area contributed by atoms with E-state index in [1.165, 1.54) is 19.3 Å². The van der Waals surface area contributed by atoms with Gasteiger partial charge in [0.05, 0.1) is 24.3 Å². The Morgan fingerprint density at radius 2 is 1.48 bits per heavy atom. The van der Waals surface area contributed by atoms with E-state index in [1.807, 2.05) is 0 Å². The number of esters is 2. The van der Waals surface area contributed by atoms with Gasteiger partial charge in [-0.1, -0.05) is 45.4 Å². The quantitative estimate of drug-likeness (QED) is 0.458. The lowest BCUT2D eigenvalue weighted by Gasteiger charge is -2.21. The van der Waals surface area contributed by atoms with Crippen LogP contribution < -0.4 is 0 Å². The molecule has 0 atom stereocenters. The van der Waals surface area contributed by atoms with Crippen LogP contribution in [0.1, 0.15) is 85.4 Å². The molecule has 0 N–H and O–H groups in total. The molecule has 1 aromatic rings. The Bertz CT molecular complexity index is 529. The molecule has 1 aliphatic carbocycles. The SMILES string of the molecule is CCCCCCOC(=O)c1ccc(C(=O)OCC2CCCCC2)cc1. The highest BCUT2D eigenvalue weighted by Crippen LogP contribution is 2.24. The van der Waals surface area contributed by atoms with E-state index in [0.717, 1.165) is 38.5 Å².